The van der Waals surface area contributed by atoms with E-state index in [4.69, 9.17) is 4.84 Å². The zero-order valence-electron chi connectivity index (χ0n) is 13.9. The molecular formula is C15H15F7N2O2. The van der Waals surface area contributed by atoms with E-state index < -0.39 is 52.3 Å². The normalized spacial score (nSPS) is 12.5. The standard InChI is InChI=1S/C15H15F7N2O2/c1-4-7(5-2)26-24-6(3)14(25)23-13-11(18)9(16)8(15(20,21)22)10(17)12(13)19/h7H,4-5H2,1-3H3,(H,23,25)/b24-6+. The molecule has 11 heteroatoms. The molecule has 0 heterocycles. The SMILES string of the molecule is CCC(CC)O/N=C(\C)C(=O)Nc1c(F)c(F)c(C(F)(F)F)c(F)c1F. The summed E-state index contributed by atoms with van der Waals surface area (Å²) >= 11 is 0. The maximum Gasteiger partial charge on any atom is 0.422 e. The molecule has 0 saturated carbocycles. The Bertz CT molecular complexity index is 684. The number of amides is 1. The fourth-order valence-corrected chi connectivity index (χ4v) is 1.83. The molecule has 0 radical (unpaired) electrons. The third kappa shape index (κ3) is 4.64. The predicted octanol–water partition coefficient (Wildman–Crippen LogP) is 4.78. The second kappa shape index (κ2) is 8.37. The molecule has 0 bridgehead atoms. The molecule has 0 saturated heterocycles. The molecule has 1 aromatic rings. The number of anilines is 1. The largest absolute Gasteiger partial charge is 0.422 e. The van der Waals surface area contributed by atoms with Gasteiger partial charge in [0.25, 0.3) is 5.91 Å². The van der Waals surface area contributed by atoms with Crippen LogP contribution in [0.15, 0.2) is 5.16 Å². The molecule has 0 atom stereocenters. The lowest BCUT2D eigenvalue weighted by Gasteiger charge is -2.15. The predicted molar refractivity (Wildman–Crippen MR) is 78.5 cm³/mol. The van der Waals surface area contributed by atoms with Crippen molar-refractivity contribution in [2.24, 2.45) is 5.16 Å². The monoisotopic (exact) mass is 388 g/mol. The number of carbonyl (C=O) groups is 1. The summed E-state index contributed by atoms with van der Waals surface area (Å²) in [6.07, 6.45) is -4.91. The van der Waals surface area contributed by atoms with Crippen molar-refractivity contribution in [3.8, 4) is 0 Å². The topological polar surface area (TPSA) is 50.7 Å². The van der Waals surface area contributed by atoms with Crippen LogP contribution in [0.1, 0.15) is 39.2 Å². The van der Waals surface area contributed by atoms with Crippen LogP contribution in [-0.2, 0) is 15.8 Å². The molecule has 1 rings (SSSR count). The molecule has 0 fully saturated rings. The average Bonchev–Trinajstić information content (AvgIpc) is 2.56. The van der Waals surface area contributed by atoms with Gasteiger partial charge in [-0.3, -0.25) is 4.79 Å². The lowest BCUT2D eigenvalue weighted by molar-refractivity contribution is -0.143. The summed E-state index contributed by atoms with van der Waals surface area (Å²) < 4.78 is 91.9. The van der Waals surface area contributed by atoms with Gasteiger partial charge in [0, 0.05) is 0 Å². The third-order valence-corrected chi connectivity index (χ3v) is 3.36. The summed E-state index contributed by atoms with van der Waals surface area (Å²) in [5, 5.41) is 4.87. The smallest absolute Gasteiger partial charge is 0.392 e. The number of nitrogens with zero attached hydrogens (tertiary/aromatic N) is 1. The molecule has 1 N–H and O–H groups in total. The van der Waals surface area contributed by atoms with E-state index in [0.29, 0.717) is 12.8 Å². The highest BCUT2D eigenvalue weighted by atomic mass is 19.4. The second-order valence-electron chi connectivity index (χ2n) is 5.18. The second-order valence-corrected chi connectivity index (χ2v) is 5.18. The maximum atomic E-state index is 13.7. The number of oxime groups is 1. The molecular weight excluding hydrogens is 373 g/mol. The van der Waals surface area contributed by atoms with Gasteiger partial charge in [-0.05, 0) is 19.8 Å². The van der Waals surface area contributed by atoms with Crippen LogP contribution in [0.3, 0.4) is 0 Å². The van der Waals surface area contributed by atoms with Gasteiger partial charge in [0.05, 0.1) is 0 Å². The molecule has 1 aromatic carbocycles. The Morgan fingerprint density at radius 2 is 1.50 bits per heavy atom. The van der Waals surface area contributed by atoms with Crippen molar-refractivity contribution in [2.75, 3.05) is 5.32 Å². The first-order valence-electron chi connectivity index (χ1n) is 7.40. The fraction of sp³-hybridized carbons (Fsp3) is 0.467. The number of alkyl halides is 3. The Morgan fingerprint density at radius 3 is 1.88 bits per heavy atom. The Morgan fingerprint density at radius 1 is 1.04 bits per heavy atom. The zero-order chi connectivity index (χ0) is 20.2. The summed E-state index contributed by atoms with van der Waals surface area (Å²) in [6, 6.07) is 0. The van der Waals surface area contributed by atoms with Gasteiger partial charge in [-0.15, -0.1) is 0 Å². The van der Waals surface area contributed by atoms with Gasteiger partial charge in [-0.1, -0.05) is 19.0 Å². The molecule has 0 unspecified atom stereocenters. The van der Waals surface area contributed by atoms with Crippen LogP contribution < -0.4 is 5.32 Å². The van der Waals surface area contributed by atoms with E-state index in [1.54, 1.807) is 13.8 Å². The Hall–Kier alpha value is -2.33. The van der Waals surface area contributed by atoms with Crippen LogP contribution in [0.5, 0.6) is 0 Å². The number of halogens is 7. The molecule has 0 aliphatic heterocycles. The minimum Gasteiger partial charge on any atom is -0.392 e. The molecule has 4 nitrogen and oxygen atoms in total. The fourth-order valence-electron chi connectivity index (χ4n) is 1.83. The van der Waals surface area contributed by atoms with Crippen molar-refractivity contribution >= 4 is 17.3 Å². The van der Waals surface area contributed by atoms with Gasteiger partial charge in [0.15, 0.2) is 23.3 Å². The first-order valence-corrected chi connectivity index (χ1v) is 7.40. The highest BCUT2D eigenvalue weighted by molar-refractivity contribution is 6.42. The van der Waals surface area contributed by atoms with E-state index in [9.17, 15) is 35.5 Å². The lowest BCUT2D eigenvalue weighted by atomic mass is 10.1. The van der Waals surface area contributed by atoms with Crippen molar-refractivity contribution < 1.29 is 40.4 Å². The van der Waals surface area contributed by atoms with Crippen LogP contribution in [0.25, 0.3) is 0 Å². The van der Waals surface area contributed by atoms with Gasteiger partial charge in [0.2, 0.25) is 0 Å². The number of benzene rings is 1. The molecule has 0 aliphatic carbocycles. The number of hydrogen-bond acceptors (Lipinski definition) is 3. The van der Waals surface area contributed by atoms with Crippen LogP contribution >= 0.6 is 0 Å². The Kier molecular flexibility index (Phi) is 6.99. The van der Waals surface area contributed by atoms with E-state index in [0.717, 1.165) is 6.92 Å². The van der Waals surface area contributed by atoms with Gasteiger partial charge in [-0.2, -0.15) is 13.2 Å². The number of rotatable bonds is 6. The van der Waals surface area contributed by atoms with Crippen LogP contribution in [0, 0.1) is 23.3 Å². The molecule has 1 amide bonds. The van der Waals surface area contributed by atoms with Gasteiger partial charge >= 0.3 is 6.18 Å². The highest BCUT2D eigenvalue weighted by Crippen LogP contribution is 2.38. The Balaban J connectivity index is 3.18. The lowest BCUT2D eigenvalue weighted by Crippen LogP contribution is -2.25. The number of carbonyl (C=O) groups excluding carboxylic acids is 1. The molecule has 146 valence electrons. The van der Waals surface area contributed by atoms with Crippen LogP contribution in [0.2, 0.25) is 0 Å². The van der Waals surface area contributed by atoms with Crippen molar-refractivity contribution in [1.82, 2.24) is 0 Å². The van der Waals surface area contributed by atoms with Gasteiger partial charge in [0.1, 0.15) is 23.1 Å². The molecule has 0 spiro atoms. The van der Waals surface area contributed by atoms with E-state index in [2.05, 4.69) is 5.16 Å². The summed E-state index contributed by atoms with van der Waals surface area (Å²) in [5.41, 5.74) is -4.89. The summed E-state index contributed by atoms with van der Waals surface area (Å²) in [4.78, 5) is 16.8. The van der Waals surface area contributed by atoms with E-state index in [1.165, 1.54) is 5.32 Å². The van der Waals surface area contributed by atoms with E-state index >= 15 is 0 Å². The quantitative estimate of drug-likeness (QED) is 0.330. The number of hydrogen-bond donors (Lipinski definition) is 1. The molecule has 0 aliphatic rings. The Labute approximate surface area is 144 Å². The zero-order valence-corrected chi connectivity index (χ0v) is 13.9. The minimum absolute atomic E-state index is 0.341. The summed E-state index contributed by atoms with van der Waals surface area (Å²) in [5.74, 6) is -11.4. The highest BCUT2D eigenvalue weighted by Gasteiger charge is 2.42. The van der Waals surface area contributed by atoms with Crippen molar-refractivity contribution in [3.05, 3.63) is 28.8 Å². The summed E-state index contributed by atoms with van der Waals surface area (Å²) in [7, 11) is 0. The molecule has 26 heavy (non-hydrogen) atoms. The first kappa shape index (κ1) is 21.7. The van der Waals surface area contributed by atoms with Crippen molar-refractivity contribution in [1.29, 1.82) is 0 Å². The van der Waals surface area contributed by atoms with E-state index in [-0.39, 0.29) is 6.10 Å². The summed E-state index contributed by atoms with van der Waals surface area (Å²) in [6.45, 7) is 4.62. The van der Waals surface area contributed by atoms with Crippen molar-refractivity contribution in [2.45, 2.75) is 45.9 Å². The minimum atomic E-state index is -5.67. The average molecular weight is 388 g/mol. The van der Waals surface area contributed by atoms with E-state index in [1.807, 2.05) is 0 Å². The van der Waals surface area contributed by atoms with Gasteiger partial charge < -0.3 is 10.2 Å². The van der Waals surface area contributed by atoms with Crippen LogP contribution in [-0.4, -0.2) is 17.7 Å². The van der Waals surface area contributed by atoms with Crippen LogP contribution in [0.4, 0.5) is 36.4 Å². The van der Waals surface area contributed by atoms with Gasteiger partial charge in [-0.25, -0.2) is 17.6 Å². The van der Waals surface area contributed by atoms with Crippen molar-refractivity contribution in [3.63, 3.8) is 0 Å². The molecule has 0 aromatic heterocycles. The first-order chi connectivity index (χ1) is 11.9. The number of nitrogens with one attached hydrogen (secondary N) is 1. The third-order valence-electron chi connectivity index (χ3n) is 3.36. The maximum absolute atomic E-state index is 13.7.